The number of hydrogen-bond donors (Lipinski definition) is 1. The van der Waals surface area contributed by atoms with Crippen molar-refractivity contribution in [2.75, 3.05) is 0 Å². The molecule has 0 heterocycles. The highest BCUT2D eigenvalue weighted by Gasteiger charge is 2.11. The Morgan fingerprint density at radius 3 is 2.36 bits per heavy atom. The van der Waals surface area contributed by atoms with Crippen LogP contribution in [0.2, 0.25) is 0 Å². The molecular weight excluding hydrogens is 174 g/mol. The van der Waals surface area contributed by atoms with E-state index in [0.717, 1.165) is 6.42 Å². The molecule has 0 rings (SSSR count). The van der Waals surface area contributed by atoms with Crippen LogP contribution in [-0.4, -0.2) is 5.91 Å². The fourth-order valence-electron chi connectivity index (χ4n) is 1.70. The zero-order chi connectivity index (χ0) is 11.0. The van der Waals surface area contributed by atoms with Gasteiger partial charge in [0.25, 0.3) is 0 Å². The molecule has 2 heteroatoms. The molecule has 0 aliphatic heterocycles. The van der Waals surface area contributed by atoms with Gasteiger partial charge in [-0.05, 0) is 12.3 Å². The average molecular weight is 197 g/mol. The summed E-state index contributed by atoms with van der Waals surface area (Å²) in [4.78, 5) is 10.8. The zero-order valence-corrected chi connectivity index (χ0v) is 9.51. The smallest absolute Gasteiger partial charge is 0.244 e. The van der Waals surface area contributed by atoms with E-state index in [4.69, 9.17) is 5.73 Å². The van der Waals surface area contributed by atoms with Gasteiger partial charge in [-0.25, -0.2) is 0 Å². The number of primary amides is 1. The molecule has 0 bridgehead atoms. The third-order valence-electron chi connectivity index (χ3n) is 2.55. The molecule has 0 saturated carbocycles. The fraction of sp³-hybridized carbons (Fsp3) is 0.750. The maximum Gasteiger partial charge on any atom is 0.244 e. The van der Waals surface area contributed by atoms with Crippen molar-refractivity contribution in [1.29, 1.82) is 0 Å². The minimum absolute atomic E-state index is 0.345. The van der Waals surface area contributed by atoms with Gasteiger partial charge in [0.15, 0.2) is 0 Å². The molecule has 0 aromatic rings. The number of rotatable bonds is 8. The van der Waals surface area contributed by atoms with Crippen molar-refractivity contribution < 1.29 is 4.79 Å². The van der Waals surface area contributed by atoms with Crippen LogP contribution >= 0.6 is 0 Å². The van der Waals surface area contributed by atoms with Crippen LogP contribution in [0.25, 0.3) is 0 Å². The number of carbonyl (C=O) groups is 1. The predicted molar refractivity (Wildman–Crippen MR) is 60.9 cm³/mol. The summed E-state index contributed by atoms with van der Waals surface area (Å²) < 4.78 is 0. The van der Waals surface area contributed by atoms with Gasteiger partial charge in [-0.2, -0.15) is 0 Å². The van der Waals surface area contributed by atoms with Gasteiger partial charge >= 0.3 is 0 Å². The van der Waals surface area contributed by atoms with Crippen LogP contribution in [0.15, 0.2) is 12.2 Å². The second-order valence-electron chi connectivity index (χ2n) is 3.97. The molecule has 82 valence electrons. The van der Waals surface area contributed by atoms with Gasteiger partial charge in [-0.1, -0.05) is 52.5 Å². The lowest BCUT2D eigenvalue weighted by molar-refractivity contribution is -0.114. The second kappa shape index (κ2) is 7.60. The Bertz CT molecular complexity index is 187. The first-order valence-corrected chi connectivity index (χ1v) is 5.59. The van der Waals surface area contributed by atoms with Crippen LogP contribution < -0.4 is 5.73 Å². The lowest BCUT2D eigenvalue weighted by atomic mass is 9.90. The third-order valence-corrected chi connectivity index (χ3v) is 2.55. The van der Waals surface area contributed by atoms with E-state index in [1.165, 1.54) is 32.1 Å². The van der Waals surface area contributed by atoms with Crippen LogP contribution in [0, 0.1) is 5.92 Å². The summed E-state index contributed by atoms with van der Waals surface area (Å²) in [7, 11) is 0. The first kappa shape index (κ1) is 13.2. The Kier molecular flexibility index (Phi) is 7.17. The zero-order valence-electron chi connectivity index (χ0n) is 9.51. The van der Waals surface area contributed by atoms with Crippen molar-refractivity contribution in [3.63, 3.8) is 0 Å². The first-order valence-electron chi connectivity index (χ1n) is 5.59. The number of amides is 1. The van der Waals surface area contributed by atoms with Gasteiger partial charge < -0.3 is 5.73 Å². The standard InChI is InChI=1S/C12H23NO/c1-4-6-8-11(7-5-2)9-10(3)12(13)14/h11H,3-9H2,1-2H3,(H2,13,14). The minimum atomic E-state index is -0.345. The van der Waals surface area contributed by atoms with Crippen molar-refractivity contribution in [2.24, 2.45) is 11.7 Å². The Balaban J connectivity index is 3.94. The lowest BCUT2D eigenvalue weighted by Gasteiger charge is -2.15. The van der Waals surface area contributed by atoms with E-state index >= 15 is 0 Å². The molecule has 2 nitrogen and oxygen atoms in total. The Hall–Kier alpha value is -0.790. The maximum atomic E-state index is 10.8. The van der Waals surface area contributed by atoms with E-state index in [-0.39, 0.29) is 5.91 Å². The van der Waals surface area contributed by atoms with Gasteiger partial charge in [-0.3, -0.25) is 4.79 Å². The fourth-order valence-corrected chi connectivity index (χ4v) is 1.70. The summed E-state index contributed by atoms with van der Waals surface area (Å²) in [5.41, 5.74) is 5.75. The van der Waals surface area contributed by atoms with E-state index in [1.807, 2.05) is 0 Å². The molecule has 0 saturated heterocycles. The van der Waals surface area contributed by atoms with Crippen molar-refractivity contribution in [2.45, 2.75) is 52.4 Å². The van der Waals surface area contributed by atoms with Crippen LogP contribution in [-0.2, 0) is 4.79 Å². The molecular formula is C12H23NO. The molecule has 2 N–H and O–H groups in total. The summed E-state index contributed by atoms with van der Waals surface area (Å²) in [6, 6.07) is 0. The van der Waals surface area contributed by atoms with Gasteiger partial charge in [0.2, 0.25) is 5.91 Å². The summed E-state index contributed by atoms with van der Waals surface area (Å²) in [6.45, 7) is 8.07. The average Bonchev–Trinajstić information content (AvgIpc) is 2.14. The lowest BCUT2D eigenvalue weighted by Crippen LogP contribution is -2.16. The quantitative estimate of drug-likeness (QED) is 0.597. The minimum Gasteiger partial charge on any atom is -0.366 e. The normalized spacial score (nSPS) is 12.4. The predicted octanol–water partition coefficient (Wildman–Crippen LogP) is 3.02. The monoisotopic (exact) mass is 197 g/mol. The molecule has 0 spiro atoms. The highest BCUT2D eigenvalue weighted by atomic mass is 16.1. The number of unbranched alkanes of at least 4 members (excludes halogenated alkanes) is 1. The summed E-state index contributed by atoms with van der Waals surface area (Å²) in [6.07, 6.45) is 6.76. The molecule has 14 heavy (non-hydrogen) atoms. The molecule has 0 aromatic carbocycles. The topological polar surface area (TPSA) is 43.1 Å². The van der Waals surface area contributed by atoms with Gasteiger partial charge in [-0.15, -0.1) is 0 Å². The molecule has 1 atom stereocenters. The summed E-state index contributed by atoms with van der Waals surface area (Å²) >= 11 is 0. The molecule has 1 unspecified atom stereocenters. The second-order valence-corrected chi connectivity index (χ2v) is 3.97. The van der Waals surface area contributed by atoms with E-state index in [9.17, 15) is 4.79 Å². The maximum absolute atomic E-state index is 10.8. The highest BCUT2D eigenvalue weighted by molar-refractivity contribution is 5.91. The van der Waals surface area contributed by atoms with Crippen LogP contribution in [0.3, 0.4) is 0 Å². The Morgan fingerprint density at radius 1 is 1.29 bits per heavy atom. The van der Waals surface area contributed by atoms with Crippen LogP contribution in [0.1, 0.15) is 52.4 Å². The number of nitrogens with two attached hydrogens (primary N) is 1. The van der Waals surface area contributed by atoms with E-state index in [1.54, 1.807) is 0 Å². The van der Waals surface area contributed by atoms with Crippen molar-refractivity contribution in [1.82, 2.24) is 0 Å². The van der Waals surface area contributed by atoms with E-state index in [0.29, 0.717) is 11.5 Å². The molecule has 0 fully saturated rings. The van der Waals surface area contributed by atoms with Crippen molar-refractivity contribution in [3.05, 3.63) is 12.2 Å². The summed E-state index contributed by atoms with van der Waals surface area (Å²) in [5.74, 6) is 0.252. The Labute approximate surface area is 87.6 Å². The Morgan fingerprint density at radius 2 is 1.93 bits per heavy atom. The molecule has 0 aromatic heterocycles. The van der Waals surface area contributed by atoms with E-state index < -0.39 is 0 Å². The highest BCUT2D eigenvalue weighted by Crippen LogP contribution is 2.21. The van der Waals surface area contributed by atoms with Crippen molar-refractivity contribution in [3.8, 4) is 0 Å². The largest absolute Gasteiger partial charge is 0.366 e. The van der Waals surface area contributed by atoms with Crippen LogP contribution in [0.4, 0.5) is 0 Å². The molecule has 1 amide bonds. The number of carbonyl (C=O) groups excluding carboxylic acids is 1. The number of hydrogen-bond acceptors (Lipinski definition) is 1. The van der Waals surface area contributed by atoms with E-state index in [2.05, 4.69) is 20.4 Å². The van der Waals surface area contributed by atoms with Crippen LogP contribution in [0.5, 0.6) is 0 Å². The third kappa shape index (κ3) is 5.79. The molecule has 0 radical (unpaired) electrons. The molecule has 0 aliphatic carbocycles. The van der Waals surface area contributed by atoms with Crippen molar-refractivity contribution >= 4 is 5.91 Å². The van der Waals surface area contributed by atoms with Gasteiger partial charge in [0.05, 0.1) is 0 Å². The first-order chi connectivity index (χ1) is 6.61. The summed E-state index contributed by atoms with van der Waals surface area (Å²) in [5, 5.41) is 0. The van der Waals surface area contributed by atoms with Gasteiger partial charge in [0, 0.05) is 5.57 Å². The SMILES string of the molecule is C=C(CC(CCC)CCCC)C(N)=O. The molecule has 0 aliphatic rings. The van der Waals surface area contributed by atoms with Gasteiger partial charge in [0.1, 0.15) is 0 Å².